The number of anilines is 2. The summed E-state index contributed by atoms with van der Waals surface area (Å²) in [6.07, 6.45) is 6.00. The Morgan fingerprint density at radius 3 is 2.54 bits per heavy atom. The molecular weight excluding hydrogens is 322 g/mol. The van der Waals surface area contributed by atoms with Gasteiger partial charge in [0.05, 0.1) is 17.4 Å². The molecule has 0 N–H and O–H groups in total. The van der Waals surface area contributed by atoms with Gasteiger partial charge in [-0.15, -0.1) is 0 Å². The molecule has 0 aliphatic carbocycles. The van der Waals surface area contributed by atoms with Gasteiger partial charge in [0.25, 0.3) is 0 Å². The monoisotopic (exact) mass is 343 g/mol. The summed E-state index contributed by atoms with van der Waals surface area (Å²) in [5.74, 6) is 0. The third kappa shape index (κ3) is 2.56. The number of benzene rings is 2. The van der Waals surface area contributed by atoms with E-state index in [2.05, 4.69) is 68.5 Å². The van der Waals surface area contributed by atoms with E-state index in [0.29, 0.717) is 0 Å². The number of aromatic nitrogens is 3. The van der Waals surface area contributed by atoms with Crippen molar-refractivity contribution in [3.05, 3.63) is 61.1 Å². The van der Waals surface area contributed by atoms with Crippen molar-refractivity contribution >= 4 is 33.1 Å². The van der Waals surface area contributed by atoms with Gasteiger partial charge in [-0.3, -0.25) is 9.67 Å². The molecule has 2 aromatic heterocycles. The first-order chi connectivity index (χ1) is 12.8. The Bertz CT molecular complexity index is 1070. The van der Waals surface area contributed by atoms with E-state index < -0.39 is 0 Å². The summed E-state index contributed by atoms with van der Waals surface area (Å²) in [4.78, 5) is 9.33. The molecule has 26 heavy (non-hydrogen) atoms. The average Bonchev–Trinajstić information content (AvgIpc) is 3.07. The van der Waals surface area contributed by atoms with Crippen molar-refractivity contribution in [2.45, 2.75) is 0 Å². The van der Waals surface area contributed by atoms with Gasteiger partial charge in [0.2, 0.25) is 0 Å². The van der Waals surface area contributed by atoms with Gasteiger partial charge in [-0.1, -0.05) is 24.3 Å². The van der Waals surface area contributed by atoms with Gasteiger partial charge in [0.1, 0.15) is 0 Å². The Morgan fingerprint density at radius 1 is 0.846 bits per heavy atom. The van der Waals surface area contributed by atoms with Crippen LogP contribution in [0.5, 0.6) is 0 Å². The van der Waals surface area contributed by atoms with E-state index in [4.69, 9.17) is 0 Å². The number of piperazine rings is 1. The Balaban J connectivity index is 1.38. The number of fused-ring (bicyclic) bond motifs is 2. The Kier molecular flexibility index (Phi) is 3.52. The summed E-state index contributed by atoms with van der Waals surface area (Å²) in [6.45, 7) is 4.00. The van der Waals surface area contributed by atoms with Gasteiger partial charge in [-0.25, -0.2) is 0 Å². The van der Waals surface area contributed by atoms with Crippen LogP contribution in [0.3, 0.4) is 0 Å². The van der Waals surface area contributed by atoms with Gasteiger partial charge in [0.15, 0.2) is 0 Å². The molecule has 5 heteroatoms. The van der Waals surface area contributed by atoms with Gasteiger partial charge < -0.3 is 9.80 Å². The second kappa shape index (κ2) is 6.02. The lowest BCUT2D eigenvalue weighted by Gasteiger charge is -2.37. The van der Waals surface area contributed by atoms with Gasteiger partial charge >= 0.3 is 0 Å². The van der Waals surface area contributed by atoms with Crippen molar-refractivity contribution in [2.75, 3.05) is 36.0 Å². The molecule has 1 aliphatic rings. The van der Waals surface area contributed by atoms with E-state index in [-0.39, 0.29) is 0 Å². The smallest absolute Gasteiger partial charge is 0.0943 e. The lowest BCUT2D eigenvalue weighted by molar-refractivity contribution is 0.654. The molecule has 5 nitrogen and oxygen atoms in total. The van der Waals surface area contributed by atoms with Crippen molar-refractivity contribution in [1.29, 1.82) is 0 Å². The van der Waals surface area contributed by atoms with E-state index in [0.717, 1.165) is 31.7 Å². The summed E-state index contributed by atoms with van der Waals surface area (Å²) < 4.78 is 1.87. The number of hydrogen-bond donors (Lipinski definition) is 0. The molecule has 0 radical (unpaired) electrons. The topological polar surface area (TPSA) is 37.2 Å². The van der Waals surface area contributed by atoms with Crippen LogP contribution in [0.15, 0.2) is 61.1 Å². The largest absolute Gasteiger partial charge is 0.368 e. The van der Waals surface area contributed by atoms with E-state index in [1.807, 2.05) is 24.1 Å². The number of aryl methyl sites for hydroxylation is 1. The van der Waals surface area contributed by atoms with Crippen LogP contribution in [-0.2, 0) is 7.05 Å². The summed E-state index contributed by atoms with van der Waals surface area (Å²) in [7, 11) is 1.97. The summed E-state index contributed by atoms with van der Waals surface area (Å²) in [5, 5.41) is 8.21. The number of pyridine rings is 1. The highest BCUT2D eigenvalue weighted by Gasteiger charge is 2.19. The number of hydrogen-bond acceptors (Lipinski definition) is 4. The molecule has 4 aromatic rings. The highest BCUT2D eigenvalue weighted by Crippen LogP contribution is 2.28. The zero-order chi connectivity index (χ0) is 17.5. The van der Waals surface area contributed by atoms with Crippen LogP contribution in [0, 0.1) is 0 Å². The third-order valence-electron chi connectivity index (χ3n) is 5.24. The molecule has 0 spiro atoms. The third-order valence-corrected chi connectivity index (χ3v) is 5.24. The maximum atomic E-state index is 4.54. The fourth-order valence-electron chi connectivity index (χ4n) is 3.88. The molecule has 0 unspecified atom stereocenters. The summed E-state index contributed by atoms with van der Waals surface area (Å²) in [6, 6.07) is 15.1. The number of rotatable bonds is 2. The molecule has 1 saturated heterocycles. The van der Waals surface area contributed by atoms with Gasteiger partial charge in [-0.2, -0.15) is 5.10 Å². The summed E-state index contributed by atoms with van der Waals surface area (Å²) in [5.41, 5.74) is 3.56. The molecule has 0 atom stereocenters. The molecule has 2 aromatic carbocycles. The zero-order valence-corrected chi connectivity index (χ0v) is 14.8. The minimum absolute atomic E-state index is 0.996. The van der Waals surface area contributed by atoms with E-state index in [9.17, 15) is 0 Å². The Hall–Kier alpha value is -3.08. The van der Waals surface area contributed by atoms with Crippen LogP contribution in [0.25, 0.3) is 21.7 Å². The minimum Gasteiger partial charge on any atom is -0.368 e. The molecule has 0 amide bonds. The first-order valence-electron chi connectivity index (χ1n) is 9.04. The number of nitrogens with zero attached hydrogens (tertiary/aromatic N) is 5. The Morgan fingerprint density at radius 2 is 1.65 bits per heavy atom. The first kappa shape index (κ1) is 15.2. The maximum Gasteiger partial charge on any atom is 0.0943 e. The first-order valence-corrected chi connectivity index (χ1v) is 9.04. The molecule has 0 bridgehead atoms. The summed E-state index contributed by atoms with van der Waals surface area (Å²) >= 11 is 0. The van der Waals surface area contributed by atoms with Crippen LogP contribution < -0.4 is 9.80 Å². The van der Waals surface area contributed by atoms with Gasteiger partial charge in [-0.05, 0) is 18.2 Å². The zero-order valence-electron chi connectivity index (χ0n) is 14.8. The van der Waals surface area contributed by atoms with Crippen molar-refractivity contribution in [1.82, 2.24) is 14.8 Å². The maximum absolute atomic E-state index is 4.54. The molecule has 1 fully saturated rings. The lowest BCUT2D eigenvalue weighted by atomic mass is 10.1. The second-order valence-corrected chi connectivity index (χ2v) is 6.90. The molecule has 130 valence electrons. The Labute approximate surface area is 152 Å². The van der Waals surface area contributed by atoms with Crippen molar-refractivity contribution in [3.63, 3.8) is 0 Å². The van der Waals surface area contributed by atoms with Crippen LogP contribution in [-0.4, -0.2) is 40.9 Å². The minimum atomic E-state index is 0.996. The van der Waals surface area contributed by atoms with Crippen LogP contribution >= 0.6 is 0 Å². The quantitative estimate of drug-likeness (QED) is 0.559. The fourth-order valence-corrected chi connectivity index (χ4v) is 3.88. The van der Waals surface area contributed by atoms with Crippen molar-refractivity contribution in [2.24, 2.45) is 7.05 Å². The lowest BCUT2D eigenvalue weighted by Crippen LogP contribution is -2.46. The van der Waals surface area contributed by atoms with Crippen LogP contribution in [0.2, 0.25) is 0 Å². The molecule has 1 aliphatic heterocycles. The van der Waals surface area contributed by atoms with Gasteiger partial charge in [0, 0.05) is 67.5 Å². The highest BCUT2D eigenvalue weighted by molar-refractivity contribution is 5.93. The fraction of sp³-hybridized carbons (Fsp3) is 0.238. The van der Waals surface area contributed by atoms with Crippen LogP contribution in [0.4, 0.5) is 11.4 Å². The molecule has 5 rings (SSSR count). The second-order valence-electron chi connectivity index (χ2n) is 6.90. The van der Waals surface area contributed by atoms with Crippen LogP contribution in [0.1, 0.15) is 0 Å². The van der Waals surface area contributed by atoms with Crippen molar-refractivity contribution < 1.29 is 0 Å². The standard InChI is InChI=1S/C21H21N5/c1-24-15-17-6-7-18(12-20(17)23-24)25-8-10-26(11-9-25)21-14-22-13-16-4-2-3-5-19(16)21/h2-7,12-15H,8-11H2,1H3. The predicted molar refractivity (Wildman–Crippen MR) is 107 cm³/mol. The SMILES string of the molecule is Cn1cc2ccc(N3CCN(c4cncc5ccccc45)CC3)cc2n1. The van der Waals surface area contributed by atoms with E-state index >= 15 is 0 Å². The average molecular weight is 343 g/mol. The molecule has 3 heterocycles. The normalized spacial score (nSPS) is 15.1. The molecular formula is C21H21N5. The predicted octanol–water partition coefficient (Wildman–Crippen LogP) is 3.45. The van der Waals surface area contributed by atoms with E-state index in [1.54, 1.807) is 0 Å². The molecule has 0 saturated carbocycles. The van der Waals surface area contributed by atoms with Crippen molar-refractivity contribution in [3.8, 4) is 0 Å². The highest BCUT2D eigenvalue weighted by atomic mass is 15.3. The van der Waals surface area contributed by atoms with E-state index in [1.165, 1.54) is 27.5 Å².